The fourth-order valence-electron chi connectivity index (χ4n) is 3.18. The van der Waals surface area contributed by atoms with Gasteiger partial charge in [-0.1, -0.05) is 19.1 Å². The average molecular weight is 369 g/mol. The van der Waals surface area contributed by atoms with Gasteiger partial charge in [-0.3, -0.25) is 9.69 Å². The number of benzene rings is 1. The van der Waals surface area contributed by atoms with Gasteiger partial charge in [-0.25, -0.2) is 9.37 Å². The second-order valence-corrected chi connectivity index (χ2v) is 6.42. The summed E-state index contributed by atoms with van der Waals surface area (Å²) in [6.07, 6.45) is -2.67. The highest BCUT2D eigenvalue weighted by Gasteiger charge is 2.35. The molecule has 4 nitrogen and oxygen atoms in total. The van der Waals surface area contributed by atoms with Crippen LogP contribution < -0.4 is 5.56 Å². The zero-order valence-corrected chi connectivity index (χ0v) is 14.3. The summed E-state index contributed by atoms with van der Waals surface area (Å²) < 4.78 is 52.8. The molecule has 1 aliphatic rings. The predicted octanol–water partition coefficient (Wildman–Crippen LogP) is 3.44. The first kappa shape index (κ1) is 18.6. The Kier molecular flexibility index (Phi) is 5.13. The van der Waals surface area contributed by atoms with Gasteiger partial charge in [0.05, 0.1) is 16.8 Å². The van der Waals surface area contributed by atoms with Crippen molar-refractivity contribution < 1.29 is 17.6 Å². The monoisotopic (exact) mass is 369 g/mol. The van der Waals surface area contributed by atoms with E-state index < -0.39 is 17.6 Å². The first-order valence-corrected chi connectivity index (χ1v) is 8.47. The molecule has 3 rings (SSSR count). The highest BCUT2D eigenvalue weighted by molar-refractivity contribution is 5.29. The highest BCUT2D eigenvalue weighted by atomic mass is 19.4. The van der Waals surface area contributed by atoms with Crippen LogP contribution in [0.5, 0.6) is 0 Å². The Morgan fingerprint density at radius 2 is 2.08 bits per heavy atom. The molecule has 0 spiro atoms. The smallest absolute Gasteiger partial charge is 0.310 e. The van der Waals surface area contributed by atoms with E-state index in [1.165, 1.54) is 12.1 Å². The molecule has 1 N–H and O–H groups in total. The molecule has 0 unspecified atom stereocenters. The Labute approximate surface area is 147 Å². The molecular formula is C18H19F4N3O. The summed E-state index contributed by atoms with van der Waals surface area (Å²) >= 11 is 0. The molecule has 26 heavy (non-hydrogen) atoms. The SMILES string of the molecule is CCCc1nc2c(c(=O)[nH]1)CN(Cc1cccc(C(F)(F)F)c1F)CC2. The number of nitrogens with zero attached hydrogens (tertiary/aromatic N) is 2. The van der Waals surface area contributed by atoms with Crippen molar-refractivity contribution in [2.45, 2.75) is 45.5 Å². The Bertz CT molecular complexity index is 860. The summed E-state index contributed by atoms with van der Waals surface area (Å²) in [7, 11) is 0. The molecule has 0 amide bonds. The van der Waals surface area contributed by atoms with Gasteiger partial charge in [-0.2, -0.15) is 13.2 Å². The quantitative estimate of drug-likeness (QED) is 0.840. The summed E-state index contributed by atoms with van der Waals surface area (Å²) in [6, 6.07) is 3.27. The molecule has 2 aromatic rings. The maximum atomic E-state index is 14.2. The van der Waals surface area contributed by atoms with Crippen LogP contribution in [0, 0.1) is 5.82 Å². The lowest BCUT2D eigenvalue weighted by atomic mass is 10.0. The number of rotatable bonds is 4. The minimum absolute atomic E-state index is 0.00530. The molecule has 1 aliphatic heterocycles. The number of nitrogens with one attached hydrogen (secondary N) is 1. The number of hydrogen-bond acceptors (Lipinski definition) is 3. The lowest BCUT2D eigenvalue weighted by Gasteiger charge is -2.28. The van der Waals surface area contributed by atoms with Gasteiger partial charge in [0.2, 0.25) is 0 Å². The van der Waals surface area contributed by atoms with Crippen LogP contribution in [0.1, 0.15) is 41.6 Å². The number of aromatic nitrogens is 2. The molecule has 8 heteroatoms. The number of halogens is 4. The van der Waals surface area contributed by atoms with E-state index in [1.54, 1.807) is 4.90 Å². The van der Waals surface area contributed by atoms with E-state index in [2.05, 4.69) is 9.97 Å². The first-order valence-electron chi connectivity index (χ1n) is 8.47. The number of aromatic amines is 1. The van der Waals surface area contributed by atoms with E-state index in [4.69, 9.17) is 0 Å². The maximum Gasteiger partial charge on any atom is 0.419 e. The molecule has 0 saturated carbocycles. The van der Waals surface area contributed by atoms with Gasteiger partial charge in [-0.15, -0.1) is 0 Å². The maximum absolute atomic E-state index is 14.2. The zero-order valence-electron chi connectivity index (χ0n) is 14.3. The molecule has 140 valence electrons. The van der Waals surface area contributed by atoms with Gasteiger partial charge in [0, 0.05) is 38.0 Å². The van der Waals surface area contributed by atoms with E-state index >= 15 is 0 Å². The number of aryl methyl sites for hydroxylation is 1. The third-order valence-electron chi connectivity index (χ3n) is 4.46. The summed E-state index contributed by atoms with van der Waals surface area (Å²) in [5, 5.41) is 0. The van der Waals surface area contributed by atoms with Crippen LogP contribution in [0.15, 0.2) is 23.0 Å². The van der Waals surface area contributed by atoms with Crippen molar-refractivity contribution in [1.29, 1.82) is 0 Å². The fourth-order valence-corrected chi connectivity index (χ4v) is 3.18. The van der Waals surface area contributed by atoms with Gasteiger partial charge in [0.25, 0.3) is 5.56 Å². The molecule has 0 bridgehead atoms. The summed E-state index contributed by atoms with van der Waals surface area (Å²) in [6.45, 7) is 2.74. The van der Waals surface area contributed by atoms with Crippen LogP contribution in [-0.4, -0.2) is 21.4 Å². The Balaban J connectivity index is 1.82. The Morgan fingerprint density at radius 1 is 1.31 bits per heavy atom. The van der Waals surface area contributed by atoms with Crippen LogP contribution in [0.3, 0.4) is 0 Å². The van der Waals surface area contributed by atoms with Crippen molar-refractivity contribution in [3.63, 3.8) is 0 Å². The Morgan fingerprint density at radius 3 is 2.77 bits per heavy atom. The average Bonchev–Trinajstić information content (AvgIpc) is 2.56. The third-order valence-corrected chi connectivity index (χ3v) is 4.46. The van der Waals surface area contributed by atoms with Crippen LogP contribution >= 0.6 is 0 Å². The molecule has 0 atom stereocenters. The van der Waals surface area contributed by atoms with Crippen LogP contribution in [0.4, 0.5) is 17.6 Å². The van der Waals surface area contributed by atoms with Crippen LogP contribution in [-0.2, 0) is 32.1 Å². The molecular weight excluding hydrogens is 350 g/mol. The molecule has 0 radical (unpaired) electrons. The van der Waals surface area contributed by atoms with Gasteiger partial charge >= 0.3 is 6.18 Å². The minimum Gasteiger partial charge on any atom is -0.310 e. The van der Waals surface area contributed by atoms with Crippen molar-refractivity contribution in [3.8, 4) is 0 Å². The third kappa shape index (κ3) is 3.80. The minimum atomic E-state index is -4.73. The van der Waals surface area contributed by atoms with Crippen molar-refractivity contribution in [1.82, 2.24) is 14.9 Å². The Hall–Kier alpha value is -2.22. The normalized spacial score (nSPS) is 15.1. The highest BCUT2D eigenvalue weighted by Crippen LogP contribution is 2.33. The molecule has 1 aromatic heterocycles. The van der Waals surface area contributed by atoms with E-state index in [1.807, 2.05) is 6.92 Å². The first-order chi connectivity index (χ1) is 12.3. The van der Waals surface area contributed by atoms with Crippen LogP contribution in [0.2, 0.25) is 0 Å². The van der Waals surface area contributed by atoms with Crippen LogP contribution in [0.25, 0.3) is 0 Å². The summed E-state index contributed by atoms with van der Waals surface area (Å²) in [4.78, 5) is 21.2. The standard InChI is InChI=1S/C18H19F4N3O/c1-2-4-15-23-14-7-8-25(10-12(14)17(26)24-15)9-11-5-3-6-13(16(11)19)18(20,21)22/h3,5-6H,2,4,7-10H2,1H3,(H,23,24,26). The molecule has 1 aromatic carbocycles. The summed E-state index contributed by atoms with van der Waals surface area (Å²) in [5.74, 6) is -0.607. The molecule has 2 heterocycles. The molecule has 0 aliphatic carbocycles. The van der Waals surface area contributed by atoms with Gasteiger partial charge in [0.15, 0.2) is 0 Å². The van der Waals surface area contributed by atoms with Gasteiger partial charge in [-0.05, 0) is 12.5 Å². The van der Waals surface area contributed by atoms with Crippen molar-refractivity contribution >= 4 is 0 Å². The fraction of sp³-hybridized carbons (Fsp3) is 0.444. The zero-order chi connectivity index (χ0) is 18.9. The summed E-state index contributed by atoms with van der Waals surface area (Å²) in [5.41, 5.74) is -0.305. The second kappa shape index (κ2) is 7.19. The van der Waals surface area contributed by atoms with Crippen molar-refractivity contribution in [2.75, 3.05) is 6.54 Å². The topological polar surface area (TPSA) is 49.0 Å². The van der Waals surface area contributed by atoms with Gasteiger partial charge in [0.1, 0.15) is 11.6 Å². The van der Waals surface area contributed by atoms with E-state index in [0.717, 1.165) is 18.2 Å². The predicted molar refractivity (Wildman–Crippen MR) is 88.1 cm³/mol. The largest absolute Gasteiger partial charge is 0.419 e. The molecule has 0 fully saturated rings. The van der Waals surface area contributed by atoms with E-state index in [9.17, 15) is 22.4 Å². The van der Waals surface area contributed by atoms with Crippen molar-refractivity contribution in [2.24, 2.45) is 0 Å². The molecule has 0 saturated heterocycles. The van der Waals surface area contributed by atoms with Crippen molar-refractivity contribution in [3.05, 3.63) is 62.6 Å². The van der Waals surface area contributed by atoms with E-state index in [-0.39, 0.29) is 24.2 Å². The number of fused-ring (bicyclic) bond motifs is 1. The number of hydrogen-bond donors (Lipinski definition) is 1. The lowest BCUT2D eigenvalue weighted by molar-refractivity contribution is -0.140. The van der Waals surface area contributed by atoms with Gasteiger partial charge < -0.3 is 4.98 Å². The van der Waals surface area contributed by atoms with E-state index in [0.29, 0.717) is 30.8 Å². The lowest BCUT2D eigenvalue weighted by Crippen LogP contribution is -2.36. The number of H-pyrrole nitrogens is 1. The number of alkyl halides is 3. The second-order valence-electron chi connectivity index (χ2n) is 6.42.